The van der Waals surface area contributed by atoms with Gasteiger partial charge >= 0.3 is 0 Å². The van der Waals surface area contributed by atoms with E-state index in [1.807, 2.05) is 37.3 Å². The van der Waals surface area contributed by atoms with Crippen molar-refractivity contribution in [1.29, 1.82) is 5.26 Å². The fourth-order valence-electron chi connectivity index (χ4n) is 1.57. The van der Waals surface area contributed by atoms with Crippen molar-refractivity contribution in [2.45, 2.75) is 13.5 Å². The van der Waals surface area contributed by atoms with E-state index in [0.29, 0.717) is 17.8 Å². The maximum atomic E-state index is 11.8. The smallest absolute Gasteiger partial charge is 0.270 e. The minimum Gasteiger partial charge on any atom is -0.347 e. The Hall–Kier alpha value is -2.67. The molecule has 0 unspecified atom stereocenters. The number of benzene rings is 1. The Kier molecular flexibility index (Phi) is 3.89. The number of nitrogens with zero attached hydrogens (tertiary/aromatic N) is 2. The number of aromatic nitrogens is 1. The molecule has 0 fully saturated rings. The Labute approximate surface area is 111 Å². The standard InChI is InChI=1S/C15H13N3O/c1-11-2-4-12(5-3-11)9-18-15(19)14-7-6-13(8-16)10-17-14/h2-7,10H,9H2,1H3,(H,18,19). The average Bonchev–Trinajstić information content (AvgIpc) is 2.46. The summed E-state index contributed by atoms with van der Waals surface area (Å²) in [6.07, 6.45) is 1.39. The van der Waals surface area contributed by atoms with E-state index in [4.69, 9.17) is 5.26 Å². The number of pyridine rings is 1. The maximum Gasteiger partial charge on any atom is 0.270 e. The summed E-state index contributed by atoms with van der Waals surface area (Å²) >= 11 is 0. The van der Waals surface area contributed by atoms with E-state index in [1.165, 1.54) is 11.8 Å². The van der Waals surface area contributed by atoms with Crippen molar-refractivity contribution in [2.75, 3.05) is 0 Å². The van der Waals surface area contributed by atoms with Crippen LogP contribution in [0.1, 0.15) is 27.2 Å². The Balaban J connectivity index is 1.97. The number of carbonyl (C=O) groups excluding carboxylic acids is 1. The molecular formula is C15H13N3O. The summed E-state index contributed by atoms with van der Waals surface area (Å²) in [4.78, 5) is 15.8. The van der Waals surface area contributed by atoms with Crippen LogP contribution >= 0.6 is 0 Å². The summed E-state index contributed by atoms with van der Waals surface area (Å²) in [6.45, 7) is 2.48. The molecule has 94 valence electrons. The Bertz CT molecular complexity index is 609. The number of aryl methyl sites for hydroxylation is 1. The topological polar surface area (TPSA) is 65.8 Å². The van der Waals surface area contributed by atoms with Crippen LogP contribution in [0, 0.1) is 18.3 Å². The monoisotopic (exact) mass is 251 g/mol. The summed E-state index contributed by atoms with van der Waals surface area (Å²) < 4.78 is 0. The van der Waals surface area contributed by atoms with Gasteiger partial charge in [-0.05, 0) is 24.6 Å². The van der Waals surface area contributed by atoms with E-state index in [-0.39, 0.29) is 5.91 Å². The highest BCUT2D eigenvalue weighted by molar-refractivity contribution is 5.92. The average molecular weight is 251 g/mol. The van der Waals surface area contributed by atoms with Crippen molar-refractivity contribution >= 4 is 5.91 Å². The lowest BCUT2D eigenvalue weighted by molar-refractivity contribution is 0.0946. The van der Waals surface area contributed by atoms with Gasteiger partial charge in [-0.2, -0.15) is 5.26 Å². The first-order valence-electron chi connectivity index (χ1n) is 5.89. The Morgan fingerprint density at radius 1 is 1.26 bits per heavy atom. The van der Waals surface area contributed by atoms with Crippen LogP contribution < -0.4 is 5.32 Å². The molecule has 0 saturated heterocycles. The molecule has 1 heterocycles. The molecule has 4 heteroatoms. The first kappa shape index (κ1) is 12.8. The van der Waals surface area contributed by atoms with Crippen LogP contribution in [0.2, 0.25) is 0 Å². The second-order valence-electron chi connectivity index (χ2n) is 4.21. The van der Waals surface area contributed by atoms with Gasteiger partial charge in [0.2, 0.25) is 0 Å². The van der Waals surface area contributed by atoms with Crippen LogP contribution in [0.3, 0.4) is 0 Å². The van der Waals surface area contributed by atoms with Gasteiger partial charge in [0.05, 0.1) is 5.56 Å². The molecule has 0 saturated carbocycles. The highest BCUT2D eigenvalue weighted by Gasteiger charge is 2.06. The van der Waals surface area contributed by atoms with Crippen molar-refractivity contribution < 1.29 is 4.79 Å². The largest absolute Gasteiger partial charge is 0.347 e. The molecule has 0 aliphatic rings. The van der Waals surface area contributed by atoms with E-state index in [0.717, 1.165) is 5.56 Å². The number of hydrogen-bond acceptors (Lipinski definition) is 3. The normalized spacial score (nSPS) is 9.68. The molecule has 1 N–H and O–H groups in total. The van der Waals surface area contributed by atoms with Gasteiger partial charge in [0.25, 0.3) is 5.91 Å². The first-order valence-corrected chi connectivity index (χ1v) is 5.89. The van der Waals surface area contributed by atoms with Gasteiger partial charge in [0, 0.05) is 12.7 Å². The number of hydrogen-bond donors (Lipinski definition) is 1. The fourth-order valence-corrected chi connectivity index (χ4v) is 1.57. The lowest BCUT2D eigenvalue weighted by Crippen LogP contribution is -2.23. The molecule has 1 amide bonds. The highest BCUT2D eigenvalue weighted by atomic mass is 16.1. The predicted octanol–water partition coefficient (Wildman–Crippen LogP) is 2.19. The van der Waals surface area contributed by atoms with Crippen molar-refractivity contribution in [1.82, 2.24) is 10.3 Å². The van der Waals surface area contributed by atoms with E-state index >= 15 is 0 Å². The molecule has 0 aliphatic heterocycles. The molecule has 0 radical (unpaired) electrons. The zero-order chi connectivity index (χ0) is 13.7. The van der Waals surface area contributed by atoms with Crippen LogP contribution in [-0.2, 0) is 6.54 Å². The molecule has 2 rings (SSSR count). The van der Waals surface area contributed by atoms with Crippen LogP contribution in [0.5, 0.6) is 0 Å². The van der Waals surface area contributed by atoms with Crippen LogP contribution in [0.15, 0.2) is 42.6 Å². The molecule has 4 nitrogen and oxygen atoms in total. The van der Waals surface area contributed by atoms with E-state index in [9.17, 15) is 4.79 Å². The maximum absolute atomic E-state index is 11.8. The number of carbonyl (C=O) groups is 1. The molecule has 1 aromatic heterocycles. The molecule has 1 aromatic carbocycles. The zero-order valence-electron chi connectivity index (χ0n) is 10.6. The van der Waals surface area contributed by atoms with Gasteiger partial charge in [-0.15, -0.1) is 0 Å². The van der Waals surface area contributed by atoms with Crippen molar-refractivity contribution in [3.63, 3.8) is 0 Å². The van der Waals surface area contributed by atoms with E-state index < -0.39 is 0 Å². The van der Waals surface area contributed by atoms with Crippen LogP contribution in [-0.4, -0.2) is 10.9 Å². The van der Waals surface area contributed by atoms with Gasteiger partial charge in [-0.25, -0.2) is 4.98 Å². The Morgan fingerprint density at radius 2 is 2.00 bits per heavy atom. The molecule has 0 bridgehead atoms. The molecular weight excluding hydrogens is 238 g/mol. The second-order valence-corrected chi connectivity index (χ2v) is 4.21. The lowest BCUT2D eigenvalue weighted by atomic mass is 10.1. The number of nitrogens with one attached hydrogen (secondary N) is 1. The van der Waals surface area contributed by atoms with Crippen molar-refractivity contribution in [3.05, 3.63) is 65.0 Å². The third-order valence-corrected chi connectivity index (χ3v) is 2.70. The summed E-state index contributed by atoms with van der Waals surface area (Å²) in [7, 11) is 0. The van der Waals surface area contributed by atoms with Crippen molar-refractivity contribution in [2.24, 2.45) is 0 Å². The molecule has 0 aliphatic carbocycles. The number of rotatable bonds is 3. The SMILES string of the molecule is Cc1ccc(CNC(=O)c2ccc(C#N)cn2)cc1. The van der Waals surface area contributed by atoms with Gasteiger partial charge in [0.15, 0.2) is 0 Å². The predicted molar refractivity (Wildman–Crippen MR) is 71.3 cm³/mol. The van der Waals surface area contributed by atoms with Crippen molar-refractivity contribution in [3.8, 4) is 6.07 Å². The molecule has 2 aromatic rings. The minimum atomic E-state index is -0.245. The summed E-state index contributed by atoms with van der Waals surface area (Å²) in [5, 5.41) is 11.4. The van der Waals surface area contributed by atoms with Crippen LogP contribution in [0.4, 0.5) is 0 Å². The Morgan fingerprint density at radius 3 is 2.58 bits per heavy atom. The quantitative estimate of drug-likeness (QED) is 0.909. The lowest BCUT2D eigenvalue weighted by Gasteiger charge is -2.05. The molecule has 19 heavy (non-hydrogen) atoms. The third kappa shape index (κ3) is 3.39. The summed E-state index contributed by atoms with van der Waals surface area (Å²) in [5.74, 6) is -0.245. The van der Waals surface area contributed by atoms with Gasteiger partial charge in [-0.1, -0.05) is 29.8 Å². The van der Waals surface area contributed by atoms with Gasteiger partial charge < -0.3 is 5.32 Å². The summed E-state index contributed by atoms with van der Waals surface area (Å²) in [5.41, 5.74) is 2.97. The van der Waals surface area contributed by atoms with E-state index in [2.05, 4.69) is 10.3 Å². The zero-order valence-corrected chi connectivity index (χ0v) is 10.6. The number of nitriles is 1. The first-order chi connectivity index (χ1) is 9.19. The van der Waals surface area contributed by atoms with Gasteiger partial charge in [-0.3, -0.25) is 4.79 Å². The minimum absolute atomic E-state index is 0.245. The highest BCUT2D eigenvalue weighted by Crippen LogP contribution is 2.03. The van der Waals surface area contributed by atoms with Gasteiger partial charge in [0.1, 0.15) is 11.8 Å². The summed E-state index contributed by atoms with van der Waals surface area (Å²) in [6, 6.07) is 13.0. The third-order valence-electron chi connectivity index (χ3n) is 2.70. The second kappa shape index (κ2) is 5.78. The van der Waals surface area contributed by atoms with E-state index in [1.54, 1.807) is 12.1 Å². The fraction of sp³-hybridized carbons (Fsp3) is 0.133. The van der Waals surface area contributed by atoms with Crippen LogP contribution in [0.25, 0.3) is 0 Å². The number of amides is 1. The molecule has 0 spiro atoms. The molecule has 0 atom stereocenters.